The van der Waals surface area contributed by atoms with Gasteiger partial charge in [-0.3, -0.25) is 0 Å². The van der Waals surface area contributed by atoms with Gasteiger partial charge < -0.3 is 5.32 Å². The van der Waals surface area contributed by atoms with Gasteiger partial charge in [-0.05, 0) is 36.5 Å². The largest absolute Gasteiger partial charge is 0.316 e. The number of hydrogen-bond acceptors (Lipinski definition) is 1. The lowest BCUT2D eigenvalue weighted by Gasteiger charge is -2.35. The maximum atomic E-state index is 3.49. The zero-order chi connectivity index (χ0) is 9.60. The second kappa shape index (κ2) is 3.07. The van der Waals surface area contributed by atoms with Crippen LogP contribution in [0.2, 0.25) is 0 Å². The Morgan fingerprint density at radius 1 is 1.14 bits per heavy atom. The van der Waals surface area contributed by atoms with Crippen molar-refractivity contribution < 1.29 is 0 Å². The van der Waals surface area contributed by atoms with Crippen molar-refractivity contribution in [2.75, 3.05) is 13.1 Å². The highest BCUT2D eigenvalue weighted by molar-refractivity contribution is 9.10. The van der Waals surface area contributed by atoms with E-state index in [0.717, 1.165) is 5.92 Å². The molecule has 74 valence electrons. The first kappa shape index (κ1) is 8.93. The summed E-state index contributed by atoms with van der Waals surface area (Å²) in [7, 11) is 0. The molecule has 1 saturated carbocycles. The molecule has 1 aromatic rings. The highest BCUT2D eigenvalue weighted by atomic mass is 79.9. The molecule has 2 heteroatoms. The van der Waals surface area contributed by atoms with E-state index in [1.807, 2.05) is 0 Å². The fourth-order valence-corrected chi connectivity index (χ4v) is 2.79. The Kier molecular flexibility index (Phi) is 1.96. The van der Waals surface area contributed by atoms with Crippen molar-refractivity contribution in [1.29, 1.82) is 0 Å². The van der Waals surface area contributed by atoms with Crippen molar-refractivity contribution in [3.63, 3.8) is 0 Å². The van der Waals surface area contributed by atoms with E-state index in [9.17, 15) is 0 Å². The molecule has 1 saturated heterocycles. The Hall–Kier alpha value is -0.340. The molecule has 1 aliphatic heterocycles. The van der Waals surface area contributed by atoms with E-state index in [0.29, 0.717) is 5.41 Å². The number of halogens is 1. The second-order valence-electron chi connectivity index (χ2n) is 4.52. The van der Waals surface area contributed by atoms with Crippen LogP contribution in [0.3, 0.4) is 0 Å². The molecule has 0 aromatic heterocycles. The summed E-state index contributed by atoms with van der Waals surface area (Å²) in [6.45, 7) is 2.44. The fourth-order valence-electron chi connectivity index (χ4n) is 2.53. The second-order valence-corrected chi connectivity index (χ2v) is 5.43. The molecule has 0 amide bonds. The fraction of sp³-hybridized carbons (Fsp3) is 0.500. The van der Waals surface area contributed by atoms with Crippen LogP contribution in [0.4, 0.5) is 0 Å². The van der Waals surface area contributed by atoms with Crippen LogP contribution in [0.15, 0.2) is 28.7 Å². The van der Waals surface area contributed by atoms with Crippen LogP contribution < -0.4 is 5.32 Å². The monoisotopic (exact) mass is 251 g/mol. The maximum absolute atomic E-state index is 3.49. The third-order valence-corrected chi connectivity index (χ3v) is 4.30. The van der Waals surface area contributed by atoms with Crippen molar-refractivity contribution in [3.8, 4) is 0 Å². The summed E-state index contributed by atoms with van der Waals surface area (Å²) in [5.41, 5.74) is 2.10. The van der Waals surface area contributed by atoms with Gasteiger partial charge in [0.05, 0.1) is 0 Å². The Morgan fingerprint density at radius 2 is 1.79 bits per heavy atom. The summed E-state index contributed by atoms with van der Waals surface area (Å²) < 4.78 is 1.18. The van der Waals surface area contributed by atoms with Gasteiger partial charge in [0.2, 0.25) is 0 Å². The lowest BCUT2D eigenvalue weighted by Crippen LogP contribution is -2.48. The first-order valence-electron chi connectivity index (χ1n) is 5.28. The van der Waals surface area contributed by atoms with Crippen molar-refractivity contribution in [2.24, 2.45) is 5.92 Å². The van der Waals surface area contributed by atoms with Gasteiger partial charge in [0.15, 0.2) is 0 Å². The van der Waals surface area contributed by atoms with Crippen LogP contribution in [0.1, 0.15) is 18.4 Å². The normalized spacial score (nSPS) is 24.4. The zero-order valence-corrected chi connectivity index (χ0v) is 9.68. The predicted octanol–water partition coefficient (Wildman–Crippen LogP) is 2.70. The van der Waals surface area contributed by atoms with Crippen molar-refractivity contribution in [1.82, 2.24) is 5.32 Å². The van der Waals surface area contributed by atoms with Gasteiger partial charge >= 0.3 is 0 Å². The maximum Gasteiger partial charge on any atom is 0.0175 e. The average Bonchev–Trinajstić information content (AvgIpc) is 2.84. The van der Waals surface area contributed by atoms with Gasteiger partial charge in [-0.25, -0.2) is 0 Å². The first-order valence-corrected chi connectivity index (χ1v) is 6.07. The quantitative estimate of drug-likeness (QED) is 0.853. The van der Waals surface area contributed by atoms with Crippen LogP contribution >= 0.6 is 15.9 Å². The Labute approximate surface area is 93.0 Å². The Morgan fingerprint density at radius 3 is 2.21 bits per heavy atom. The Bertz CT molecular complexity index is 336. The van der Waals surface area contributed by atoms with Crippen molar-refractivity contribution >= 4 is 15.9 Å². The molecule has 1 aromatic carbocycles. The Balaban J connectivity index is 1.90. The molecule has 2 aliphatic rings. The topological polar surface area (TPSA) is 12.0 Å². The molecule has 0 unspecified atom stereocenters. The van der Waals surface area contributed by atoms with Gasteiger partial charge in [0, 0.05) is 23.0 Å². The molecule has 14 heavy (non-hydrogen) atoms. The molecule has 1 nitrogen and oxygen atoms in total. The van der Waals surface area contributed by atoms with Crippen LogP contribution in [-0.4, -0.2) is 13.1 Å². The number of rotatable bonds is 2. The van der Waals surface area contributed by atoms with Crippen LogP contribution in [0, 0.1) is 5.92 Å². The number of nitrogens with one attached hydrogen (secondary N) is 1. The lowest BCUT2D eigenvalue weighted by molar-refractivity contribution is 0.275. The van der Waals surface area contributed by atoms with Crippen molar-refractivity contribution in [2.45, 2.75) is 18.3 Å². The molecule has 0 atom stereocenters. The minimum absolute atomic E-state index is 0.548. The summed E-state index contributed by atoms with van der Waals surface area (Å²) in [6, 6.07) is 8.91. The van der Waals surface area contributed by atoms with Gasteiger partial charge in [-0.15, -0.1) is 0 Å². The van der Waals surface area contributed by atoms with Crippen LogP contribution in [-0.2, 0) is 5.41 Å². The predicted molar refractivity (Wildman–Crippen MR) is 61.4 cm³/mol. The molecule has 2 fully saturated rings. The molecule has 3 rings (SSSR count). The van der Waals surface area contributed by atoms with E-state index in [2.05, 4.69) is 45.5 Å². The van der Waals surface area contributed by atoms with Gasteiger partial charge in [-0.1, -0.05) is 28.1 Å². The standard InChI is InChI=1S/C12H14BrN/c13-11-3-1-9(2-4-11)12(5-6-12)10-7-14-8-10/h1-4,10,14H,5-8H2. The van der Waals surface area contributed by atoms with E-state index in [1.54, 1.807) is 5.56 Å². The molecular formula is C12H14BrN. The first-order chi connectivity index (χ1) is 6.81. The third-order valence-electron chi connectivity index (χ3n) is 3.77. The molecular weight excluding hydrogens is 238 g/mol. The molecule has 1 heterocycles. The lowest BCUT2D eigenvalue weighted by atomic mass is 9.79. The zero-order valence-electron chi connectivity index (χ0n) is 8.09. The summed E-state index contributed by atoms with van der Waals surface area (Å²) in [6.07, 6.45) is 2.78. The molecule has 0 bridgehead atoms. The molecule has 0 spiro atoms. The number of hydrogen-bond donors (Lipinski definition) is 1. The molecule has 0 radical (unpaired) electrons. The number of benzene rings is 1. The minimum atomic E-state index is 0.548. The van der Waals surface area contributed by atoms with Crippen LogP contribution in [0.25, 0.3) is 0 Å². The smallest absolute Gasteiger partial charge is 0.0175 e. The highest BCUT2D eigenvalue weighted by Gasteiger charge is 2.52. The third kappa shape index (κ3) is 1.24. The summed E-state index contributed by atoms with van der Waals surface area (Å²) in [5.74, 6) is 0.892. The van der Waals surface area contributed by atoms with Crippen LogP contribution in [0.5, 0.6) is 0 Å². The summed E-state index contributed by atoms with van der Waals surface area (Å²) in [5, 5.41) is 3.38. The average molecular weight is 252 g/mol. The van der Waals surface area contributed by atoms with E-state index in [4.69, 9.17) is 0 Å². The van der Waals surface area contributed by atoms with E-state index in [-0.39, 0.29) is 0 Å². The van der Waals surface area contributed by atoms with E-state index in [1.165, 1.54) is 30.4 Å². The summed E-state index contributed by atoms with van der Waals surface area (Å²) >= 11 is 3.49. The molecule has 1 N–H and O–H groups in total. The van der Waals surface area contributed by atoms with Gasteiger partial charge in [0.1, 0.15) is 0 Å². The van der Waals surface area contributed by atoms with Gasteiger partial charge in [-0.2, -0.15) is 0 Å². The van der Waals surface area contributed by atoms with E-state index < -0.39 is 0 Å². The van der Waals surface area contributed by atoms with Crippen molar-refractivity contribution in [3.05, 3.63) is 34.3 Å². The molecule has 1 aliphatic carbocycles. The van der Waals surface area contributed by atoms with E-state index >= 15 is 0 Å². The summed E-state index contributed by atoms with van der Waals surface area (Å²) in [4.78, 5) is 0. The van der Waals surface area contributed by atoms with Gasteiger partial charge in [0.25, 0.3) is 0 Å². The SMILES string of the molecule is Brc1ccc(C2(C3CNC3)CC2)cc1. The minimum Gasteiger partial charge on any atom is -0.316 e. The highest BCUT2D eigenvalue weighted by Crippen LogP contribution is 2.55.